The molecule has 39 heteroatoms. The standard InChI is InChI=1S/C22H23ClN6O2.C22H23ClN6O.C22H24N6O.C21H21ClN6O.C21H22N6O/c1-14-12-28-13-16(10-17(23)22(28)24-14)19-11-21(31)29-20(25-19)3-2-18(26-29)15-4-6-27(7-5-15)8-9-30;1-3-27-8-6-15(7-9-27)18-4-5-20-25-19(11-21(30)29(20)26-18)16-10-17(23)22-24-14(2)12-28(22)13-16;1-3-27-10-8-15(9-11-27)18-6-7-21-23-20(13-22(29)28(21)25-18)16-4-5-19-17(12-16)14-26(2)24-19;1-13-11-27-12-15(9-16(22)21(27)23-13)18-10-20(29)28-19(24-18)4-3-17(25-28)14-5-7-26(2)8-6-14;1-25-9-7-14(8-10-25)17-5-6-20-22-19(12-21(28)27(20)24-17)15-3-4-18-16(11-15)13-26(2)23-18/h2-3,10-13,15,30H,4-9H2,1H3;4-5,10-13,15H,3,6-9H2,1-2H3;4-7,12-15H,3,8-11H2,1-2H3;3-4,9-12,14H,5-8H2,1-2H3;3-6,11-14H,7-10H2,1-2H3. The van der Waals surface area contributed by atoms with Crippen molar-refractivity contribution in [3.8, 4) is 56.3 Å². The molecule has 0 saturated carbocycles. The van der Waals surface area contributed by atoms with E-state index in [4.69, 9.17) is 44.9 Å². The Kier molecular flexibility index (Phi) is 28.3. The number of β-amino-alcohol motifs (C(OH)–C–C–N with tert-alkyl or cyclic N) is 1. The van der Waals surface area contributed by atoms with E-state index in [9.17, 15) is 24.0 Å². The minimum absolute atomic E-state index is 0.149. The van der Waals surface area contributed by atoms with Gasteiger partial charge < -0.3 is 42.8 Å². The van der Waals surface area contributed by atoms with E-state index < -0.39 is 0 Å². The third-order valence-corrected chi connectivity index (χ3v) is 29.7. The molecule has 0 radical (unpaired) electrons. The summed E-state index contributed by atoms with van der Waals surface area (Å²) in [6.45, 7) is 23.6. The van der Waals surface area contributed by atoms with Crippen LogP contribution in [0.15, 0.2) is 219 Å². The number of aliphatic hydroxyl groups excluding tert-OH is 1. The van der Waals surface area contributed by atoms with Gasteiger partial charge in [-0.3, -0.25) is 33.3 Å². The number of aromatic nitrogens is 25. The van der Waals surface area contributed by atoms with Crippen molar-refractivity contribution in [2.75, 3.05) is 106 Å². The number of aryl methyl sites for hydroxylation is 5. The zero-order valence-electron chi connectivity index (χ0n) is 83.4. The molecule has 5 fully saturated rings. The van der Waals surface area contributed by atoms with Gasteiger partial charge in [0.25, 0.3) is 27.8 Å². The van der Waals surface area contributed by atoms with Crippen molar-refractivity contribution in [1.82, 2.24) is 145 Å². The molecule has 0 amide bonds. The fourth-order valence-corrected chi connectivity index (χ4v) is 21.5. The second-order valence-corrected chi connectivity index (χ2v) is 40.4. The second-order valence-electron chi connectivity index (χ2n) is 39.2. The number of rotatable bonds is 14. The number of aliphatic hydroxyl groups is 1. The number of piperidine rings is 5. The number of hydrogen-bond acceptors (Lipinski definition) is 26. The van der Waals surface area contributed by atoms with Crippen LogP contribution in [0.3, 0.4) is 0 Å². The largest absolute Gasteiger partial charge is 0.395 e. The van der Waals surface area contributed by atoms with Crippen molar-refractivity contribution in [2.45, 2.75) is 128 Å². The molecule has 5 saturated heterocycles. The maximum atomic E-state index is 12.9. The van der Waals surface area contributed by atoms with Crippen LogP contribution in [0, 0.1) is 20.8 Å². The van der Waals surface area contributed by atoms with Crippen molar-refractivity contribution in [2.24, 2.45) is 14.1 Å². The summed E-state index contributed by atoms with van der Waals surface area (Å²) in [7, 11) is 8.07. The molecular formula is C108H113Cl3N30O6. The highest BCUT2D eigenvalue weighted by Gasteiger charge is 2.29. The summed E-state index contributed by atoms with van der Waals surface area (Å²) in [6, 6.07) is 44.4. The lowest BCUT2D eigenvalue weighted by Crippen LogP contribution is -2.35. The zero-order chi connectivity index (χ0) is 102. The van der Waals surface area contributed by atoms with E-state index in [1.807, 2.05) is 195 Å². The first kappa shape index (κ1) is 98.5. The lowest BCUT2D eigenvalue weighted by molar-refractivity contribution is 0.163. The van der Waals surface area contributed by atoms with Gasteiger partial charge in [0, 0.05) is 169 Å². The number of fused-ring (bicyclic) bond motifs is 10. The predicted octanol–water partition coefficient (Wildman–Crippen LogP) is 14.6. The Morgan fingerprint density at radius 1 is 0.293 bits per heavy atom. The van der Waals surface area contributed by atoms with E-state index in [0.29, 0.717) is 125 Å². The van der Waals surface area contributed by atoms with Crippen molar-refractivity contribution < 1.29 is 5.11 Å². The fraction of sp³-hybridized carbons (Fsp3) is 0.352. The van der Waals surface area contributed by atoms with Crippen LogP contribution < -0.4 is 27.8 Å². The summed E-state index contributed by atoms with van der Waals surface area (Å²) in [5.74, 6) is 1.88. The van der Waals surface area contributed by atoms with Gasteiger partial charge in [-0.05, 0) is 281 Å². The number of halogens is 3. The van der Waals surface area contributed by atoms with Crippen LogP contribution in [0.2, 0.25) is 15.1 Å². The summed E-state index contributed by atoms with van der Waals surface area (Å²) >= 11 is 19.2. The molecule has 2 aromatic carbocycles. The minimum Gasteiger partial charge on any atom is -0.395 e. The average Bonchev–Trinajstić information content (AvgIpc) is 1.77. The SMILES string of the molecule is CCN1CCC(c2ccc3nc(-c4cc(Cl)c5nc(C)cn5c4)cc(=O)n3n2)CC1.CCN1CCC(c2ccc3nc(-c4ccc5nn(C)cc5c4)cc(=O)n3n2)CC1.CN1CCC(c2ccc3nc(-c4ccc5nn(C)cc5c4)cc(=O)n3n2)CC1.Cc1cn2cc(-c3cc(=O)n4nc(C5CCN(C)CC5)ccc4n3)cc(Cl)c2n1.Cc1cn2cc(-c3cc(=O)n4nc(C5CCN(CCO)CC5)ccc4n3)cc(Cl)c2n1. The number of nitrogens with zero attached hydrogens (tertiary/aromatic N) is 30. The van der Waals surface area contributed by atoms with E-state index >= 15 is 0 Å². The quantitative estimate of drug-likeness (QED) is 0.106. The van der Waals surface area contributed by atoms with Gasteiger partial charge in [0.2, 0.25) is 0 Å². The monoisotopic (exact) mass is 2030 g/mol. The number of pyridine rings is 3. The smallest absolute Gasteiger partial charge is 0.275 e. The lowest BCUT2D eigenvalue weighted by atomic mass is 9.93. The van der Waals surface area contributed by atoms with Gasteiger partial charge in [-0.2, -0.15) is 58.3 Å². The fourth-order valence-electron chi connectivity index (χ4n) is 20.8. The second kappa shape index (κ2) is 42.2. The highest BCUT2D eigenvalue weighted by atomic mass is 35.5. The third-order valence-electron chi connectivity index (χ3n) is 28.9. The molecule has 5 aliphatic rings. The Morgan fingerprint density at radius 3 is 0.816 bits per heavy atom. The normalized spacial score (nSPS) is 16.0. The number of benzene rings is 2. The van der Waals surface area contributed by atoms with Crippen molar-refractivity contribution in [3.05, 3.63) is 308 Å². The van der Waals surface area contributed by atoms with Gasteiger partial charge >= 0.3 is 0 Å². The van der Waals surface area contributed by atoms with Crippen molar-refractivity contribution >= 4 is 102 Å². The molecule has 0 aliphatic carbocycles. The Labute approximate surface area is 858 Å². The first-order chi connectivity index (χ1) is 71.2. The Bertz CT molecular complexity index is 8720. The van der Waals surface area contributed by atoms with E-state index in [2.05, 4.69) is 123 Å². The summed E-state index contributed by atoms with van der Waals surface area (Å²) in [5, 5.41) is 44.6. The van der Waals surface area contributed by atoms with Crippen LogP contribution in [0.1, 0.15) is 153 Å². The van der Waals surface area contributed by atoms with E-state index in [1.165, 1.54) is 40.8 Å². The highest BCUT2D eigenvalue weighted by Crippen LogP contribution is 2.36. The number of likely N-dealkylation sites (tertiary alicyclic amines) is 5. The van der Waals surface area contributed by atoms with Crippen LogP contribution in [0.25, 0.3) is 123 Å². The molecular weight excluding hydrogens is 1920 g/mol. The molecule has 0 unspecified atom stereocenters. The molecule has 36 nitrogen and oxygen atoms in total. The summed E-state index contributed by atoms with van der Waals surface area (Å²) in [4.78, 5) is 113. The van der Waals surface area contributed by atoms with Gasteiger partial charge in [0.1, 0.15) is 0 Å². The average molecular weight is 2030 g/mol. The van der Waals surface area contributed by atoms with Crippen LogP contribution in [-0.4, -0.2) is 256 Å². The lowest BCUT2D eigenvalue weighted by Gasteiger charge is -2.31. The van der Waals surface area contributed by atoms with Crippen LogP contribution in [-0.2, 0) is 14.1 Å². The van der Waals surface area contributed by atoms with Crippen molar-refractivity contribution in [3.63, 3.8) is 0 Å². The topological polar surface area (TPSA) is 360 Å². The van der Waals surface area contributed by atoms with Gasteiger partial charge in [0.05, 0.1) is 107 Å². The maximum Gasteiger partial charge on any atom is 0.275 e. The third kappa shape index (κ3) is 21.3. The first-order valence-electron chi connectivity index (χ1n) is 50.2. The Balaban J connectivity index is 0.000000108. The number of hydrogen-bond donors (Lipinski definition) is 1. The maximum absolute atomic E-state index is 12.9. The molecule has 1 N–H and O–H groups in total. The van der Waals surface area contributed by atoms with Gasteiger partial charge in [-0.15, -0.1) is 0 Å². The molecule has 147 heavy (non-hydrogen) atoms. The van der Waals surface area contributed by atoms with Crippen molar-refractivity contribution in [1.29, 1.82) is 0 Å². The van der Waals surface area contributed by atoms with Gasteiger partial charge in [-0.1, -0.05) is 60.8 Å². The molecule has 0 bridgehead atoms. The molecule has 23 heterocycles. The van der Waals surface area contributed by atoms with E-state index in [1.54, 1.807) is 39.7 Å². The summed E-state index contributed by atoms with van der Waals surface area (Å²) < 4.78 is 16.2. The predicted molar refractivity (Wildman–Crippen MR) is 570 cm³/mol. The Hall–Kier alpha value is -14.5. The summed E-state index contributed by atoms with van der Waals surface area (Å²) in [5.41, 5.74) is 20.2. The molecule has 18 aromatic heterocycles. The molecule has 5 aliphatic heterocycles. The minimum atomic E-state index is -0.224. The molecule has 25 rings (SSSR count). The molecule has 0 atom stereocenters. The van der Waals surface area contributed by atoms with Gasteiger partial charge in [-0.25, -0.2) is 39.9 Å². The first-order valence-corrected chi connectivity index (χ1v) is 51.4. The van der Waals surface area contributed by atoms with Gasteiger partial charge in [0.15, 0.2) is 45.2 Å². The van der Waals surface area contributed by atoms with Crippen LogP contribution in [0.4, 0.5) is 0 Å². The summed E-state index contributed by atoms with van der Waals surface area (Å²) in [6.07, 6.45) is 25.7. The molecule has 0 spiro atoms. The van der Waals surface area contributed by atoms with E-state index in [0.717, 1.165) is 238 Å². The zero-order valence-corrected chi connectivity index (χ0v) is 85.6. The van der Waals surface area contributed by atoms with Crippen LogP contribution in [0.5, 0.6) is 0 Å². The Morgan fingerprint density at radius 2 is 0.551 bits per heavy atom. The molecule has 752 valence electrons. The van der Waals surface area contributed by atoms with E-state index in [-0.39, 0.29) is 34.4 Å². The number of imidazole rings is 3. The molecule has 20 aromatic rings. The highest BCUT2D eigenvalue weighted by molar-refractivity contribution is 6.34. The van der Waals surface area contributed by atoms with Crippen LogP contribution >= 0.6 is 34.8 Å².